The molecule has 0 N–H and O–H groups in total. The molecule has 0 saturated carbocycles. The quantitative estimate of drug-likeness (QED) is 0.605. The summed E-state index contributed by atoms with van der Waals surface area (Å²) >= 11 is 3.20. The van der Waals surface area contributed by atoms with Gasteiger partial charge in [-0.25, -0.2) is 0 Å². The van der Waals surface area contributed by atoms with Crippen molar-refractivity contribution in [1.82, 2.24) is 20.2 Å². The van der Waals surface area contributed by atoms with Crippen molar-refractivity contribution >= 4 is 35.1 Å². The summed E-state index contributed by atoms with van der Waals surface area (Å²) in [6.07, 6.45) is 0.969. The number of benzene rings is 2. The number of tetrazole rings is 1. The lowest BCUT2D eigenvalue weighted by Crippen LogP contribution is -2.33. The molecule has 0 saturated heterocycles. The number of rotatable bonds is 4. The Morgan fingerprint density at radius 1 is 1.18 bits per heavy atom. The van der Waals surface area contributed by atoms with Crippen LogP contribution < -0.4 is 4.90 Å². The van der Waals surface area contributed by atoms with E-state index in [1.807, 2.05) is 66.1 Å². The molecule has 2 aromatic carbocycles. The van der Waals surface area contributed by atoms with Crippen LogP contribution in [-0.4, -0.2) is 43.7 Å². The van der Waals surface area contributed by atoms with Gasteiger partial charge in [0.15, 0.2) is 0 Å². The minimum Gasteiger partial charge on any atom is -0.311 e. The van der Waals surface area contributed by atoms with Gasteiger partial charge in [-0.2, -0.15) is 4.68 Å². The Hall–Kier alpha value is -2.32. The van der Waals surface area contributed by atoms with Gasteiger partial charge in [-0.3, -0.25) is 4.79 Å². The standard InChI is InChI=1S/C20H21N5OS2/c1-14-7-3-4-8-16(14)25-20(21-22-23-25)27-13-19(26)24-12-11-15(2)28-18-10-6-5-9-17(18)24/h3-10,15H,11-13H2,1-2H3/t15-/m1/s1. The summed E-state index contributed by atoms with van der Waals surface area (Å²) in [4.78, 5) is 16.1. The van der Waals surface area contributed by atoms with Gasteiger partial charge in [-0.05, 0) is 47.5 Å². The third-order valence-corrected chi connectivity index (χ3v) is 6.80. The summed E-state index contributed by atoms with van der Waals surface area (Å²) in [5, 5.41) is 13.1. The van der Waals surface area contributed by atoms with E-state index in [2.05, 4.69) is 28.5 Å². The van der Waals surface area contributed by atoms with Crippen LogP contribution >= 0.6 is 23.5 Å². The van der Waals surface area contributed by atoms with Gasteiger partial charge in [0.05, 0.1) is 17.1 Å². The van der Waals surface area contributed by atoms with Crippen molar-refractivity contribution in [3.63, 3.8) is 0 Å². The number of amides is 1. The average Bonchev–Trinajstić information content (AvgIpc) is 3.09. The minimum absolute atomic E-state index is 0.0754. The van der Waals surface area contributed by atoms with Gasteiger partial charge < -0.3 is 4.90 Å². The number of hydrogen-bond donors (Lipinski definition) is 0. The fourth-order valence-electron chi connectivity index (χ4n) is 3.17. The molecule has 0 aliphatic carbocycles. The van der Waals surface area contributed by atoms with Gasteiger partial charge in [-0.1, -0.05) is 49.0 Å². The van der Waals surface area contributed by atoms with Gasteiger partial charge in [0.1, 0.15) is 0 Å². The van der Waals surface area contributed by atoms with Crippen molar-refractivity contribution in [3.05, 3.63) is 54.1 Å². The van der Waals surface area contributed by atoms with E-state index in [0.717, 1.165) is 34.8 Å². The summed E-state index contributed by atoms with van der Waals surface area (Å²) in [5.74, 6) is 0.367. The number of para-hydroxylation sites is 2. The van der Waals surface area contributed by atoms with Crippen molar-refractivity contribution in [3.8, 4) is 5.69 Å². The average molecular weight is 412 g/mol. The third-order valence-electron chi connectivity index (χ3n) is 4.65. The minimum atomic E-state index is 0.0754. The number of hydrogen-bond acceptors (Lipinski definition) is 6. The number of anilines is 1. The molecule has 0 radical (unpaired) electrons. The zero-order chi connectivity index (χ0) is 19.5. The molecule has 4 rings (SSSR count). The Morgan fingerprint density at radius 3 is 2.75 bits per heavy atom. The number of carbonyl (C=O) groups is 1. The lowest BCUT2D eigenvalue weighted by atomic mass is 10.2. The van der Waals surface area contributed by atoms with E-state index < -0.39 is 0 Å². The summed E-state index contributed by atoms with van der Waals surface area (Å²) in [5.41, 5.74) is 3.00. The van der Waals surface area contributed by atoms with Crippen molar-refractivity contribution in [2.24, 2.45) is 0 Å². The number of thioether (sulfide) groups is 2. The van der Waals surface area contributed by atoms with Crippen LogP contribution in [0.5, 0.6) is 0 Å². The predicted octanol–water partition coefficient (Wildman–Crippen LogP) is 3.98. The van der Waals surface area contributed by atoms with E-state index in [9.17, 15) is 4.79 Å². The number of fused-ring (bicyclic) bond motifs is 1. The van der Waals surface area contributed by atoms with Gasteiger partial charge in [-0.15, -0.1) is 16.9 Å². The smallest absolute Gasteiger partial charge is 0.237 e. The lowest BCUT2D eigenvalue weighted by molar-refractivity contribution is -0.116. The Balaban J connectivity index is 1.52. The van der Waals surface area contributed by atoms with Gasteiger partial charge in [0.25, 0.3) is 0 Å². The van der Waals surface area contributed by atoms with Crippen molar-refractivity contribution in [2.45, 2.75) is 35.6 Å². The molecule has 1 aliphatic rings. The first-order valence-electron chi connectivity index (χ1n) is 9.16. The maximum Gasteiger partial charge on any atom is 0.237 e. The SMILES string of the molecule is Cc1ccccc1-n1nnnc1SCC(=O)N1CC[C@@H](C)Sc2ccccc21. The zero-order valence-corrected chi connectivity index (χ0v) is 17.4. The summed E-state index contributed by atoms with van der Waals surface area (Å²) in [6.45, 7) is 4.96. The van der Waals surface area contributed by atoms with E-state index in [0.29, 0.717) is 16.2 Å². The number of aryl methyl sites for hydroxylation is 1. The Labute approximate surface area is 172 Å². The van der Waals surface area contributed by atoms with Gasteiger partial charge in [0.2, 0.25) is 11.1 Å². The van der Waals surface area contributed by atoms with E-state index in [1.54, 1.807) is 4.68 Å². The van der Waals surface area contributed by atoms with Crippen molar-refractivity contribution in [1.29, 1.82) is 0 Å². The largest absolute Gasteiger partial charge is 0.311 e. The van der Waals surface area contributed by atoms with Crippen LogP contribution in [0, 0.1) is 6.92 Å². The number of aromatic nitrogens is 4. The van der Waals surface area contributed by atoms with Crippen LogP contribution in [0.2, 0.25) is 0 Å². The second-order valence-corrected chi connectivity index (χ2v) is 9.10. The second kappa shape index (κ2) is 8.36. The van der Waals surface area contributed by atoms with Crippen LogP contribution in [0.15, 0.2) is 58.6 Å². The topological polar surface area (TPSA) is 63.9 Å². The third kappa shape index (κ3) is 3.93. The fraction of sp³-hybridized carbons (Fsp3) is 0.300. The molecule has 3 aromatic rings. The maximum atomic E-state index is 13.0. The molecule has 0 spiro atoms. The molecule has 1 aliphatic heterocycles. The first-order valence-corrected chi connectivity index (χ1v) is 11.0. The highest BCUT2D eigenvalue weighted by Crippen LogP contribution is 2.37. The first kappa shape index (κ1) is 19.0. The van der Waals surface area contributed by atoms with E-state index in [-0.39, 0.29) is 5.91 Å². The van der Waals surface area contributed by atoms with Crippen LogP contribution in [0.1, 0.15) is 18.9 Å². The maximum absolute atomic E-state index is 13.0. The predicted molar refractivity (Wildman–Crippen MR) is 113 cm³/mol. The van der Waals surface area contributed by atoms with Gasteiger partial charge in [0, 0.05) is 16.7 Å². The van der Waals surface area contributed by atoms with Crippen LogP contribution in [-0.2, 0) is 4.79 Å². The number of nitrogens with zero attached hydrogens (tertiary/aromatic N) is 5. The van der Waals surface area contributed by atoms with E-state index in [1.165, 1.54) is 11.8 Å². The molecule has 0 unspecified atom stereocenters. The molecule has 8 heteroatoms. The number of carbonyl (C=O) groups excluding carboxylic acids is 1. The van der Waals surface area contributed by atoms with Crippen LogP contribution in [0.3, 0.4) is 0 Å². The summed E-state index contributed by atoms with van der Waals surface area (Å²) < 4.78 is 1.70. The zero-order valence-electron chi connectivity index (χ0n) is 15.8. The second-order valence-electron chi connectivity index (χ2n) is 6.68. The van der Waals surface area contributed by atoms with Gasteiger partial charge >= 0.3 is 0 Å². The molecular formula is C20H21N5OS2. The Kier molecular flexibility index (Phi) is 5.68. The summed E-state index contributed by atoms with van der Waals surface area (Å²) in [6, 6.07) is 16.1. The molecule has 2 heterocycles. The van der Waals surface area contributed by atoms with Crippen LogP contribution in [0.25, 0.3) is 5.69 Å². The monoisotopic (exact) mass is 411 g/mol. The molecule has 1 aromatic heterocycles. The lowest BCUT2D eigenvalue weighted by Gasteiger charge is -2.22. The van der Waals surface area contributed by atoms with E-state index in [4.69, 9.17) is 0 Å². The normalized spacial score (nSPS) is 16.5. The highest BCUT2D eigenvalue weighted by molar-refractivity contribution is 8.00. The molecular weight excluding hydrogens is 390 g/mol. The molecule has 6 nitrogen and oxygen atoms in total. The van der Waals surface area contributed by atoms with Crippen molar-refractivity contribution in [2.75, 3.05) is 17.2 Å². The Morgan fingerprint density at radius 2 is 1.93 bits per heavy atom. The molecule has 28 heavy (non-hydrogen) atoms. The van der Waals surface area contributed by atoms with Crippen molar-refractivity contribution < 1.29 is 4.79 Å². The highest BCUT2D eigenvalue weighted by atomic mass is 32.2. The Bertz CT molecular complexity index is 990. The van der Waals surface area contributed by atoms with Crippen LogP contribution in [0.4, 0.5) is 5.69 Å². The summed E-state index contributed by atoms with van der Waals surface area (Å²) in [7, 11) is 0. The highest BCUT2D eigenvalue weighted by Gasteiger charge is 2.24. The first-order chi connectivity index (χ1) is 13.6. The molecule has 144 valence electrons. The molecule has 1 amide bonds. The van der Waals surface area contributed by atoms with E-state index >= 15 is 0 Å². The fourth-order valence-corrected chi connectivity index (χ4v) is 5.04. The molecule has 0 fully saturated rings. The molecule has 0 bridgehead atoms. The molecule has 1 atom stereocenters.